The van der Waals surface area contributed by atoms with E-state index in [1.807, 2.05) is 30.3 Å². The molecule has 0 bridgehead atoms. The van der Waals surface area contributed by atoms with Crippen LogP contribution in [-0.2, 0) is 21.7 Å². The van der Waals surface area contributed by atoms with Crippen molar-refractivity contribution in [3.63, 3.8) is 0 Å². The number of carbonyl (C=O) groups excluding carboxylic acids is 1. The van der Waals surface area contributed by atoms with Gasteiger partial charge in [0.25, 0.3) is 5.79 Å². The van der Waals surface area contributed by atoms with Gasteiger partial charge < -0.3 is 19.5 Å². The van der Waals surface area contributed by atoms with Crippen molar-refractivity contribution in [2.24, 2.45) is 0 Å². The number of aliphatic carboxylic acids is 1. The molecule has 1 atom stereocenters. The number of carboxylic acids is 1. The number of nitrogens with zero attached hydrogens (tertiary/aromatic N) is 4. The van der Waals surface area contributed by atoms with Crippen molar-refractivity contribution in [3.05, 3.63) is 119 Å². The van der Waals surface area contributed by atoms with Gasteiger partial charge in [0.05, 0.1) is 6.33 Å². The summed E-state index contributed by atoms with van der Waals surface area (Å²) in [5, 5.41) is 23.6. The summed E-state index contributed by atoms with van der Waals surface area (Å²) < 4.78 is 6.87. The Labute approximate surface area is 227 Å². The van der Waals surface area contributed by atoms with Crippen LogP contribution in [0.25, 0.3) is 11.2 Å². The average molecular weight is 544 g/mol. The molecule has 10 nitrogen and oxygen atoms in total. The summed E-state index contributed by atoms with van der Waals surface area (Å²) >= 11 is 6.42. The highest BCUT2D eigenvalue weighted by Crippen LogP contribution is 2.32. The second-order valence-corrected chi connectivity index (χ2v) is 8.95. The molecule has 0 saturated heterocycles. The number of ether oxygens (including phenoxy) is 1. The van der Waals surface area contributed by atoms with E-state index in [4.69, 9.17) is 16.3 Å². The summed E-state index contributed by atoms with van der Waals surface area (Å²) in [5.41, 5.74) is 1.75. The highest BCUT2D eigenvalue weighted by Gasteiger charge is 2.36. The number of anilines is 1. The number of rotatable bonds is 8. The SMILES string of the molecule is O=C(Nc1nc(Cl)c2c(ncn2C(Cc2ccccc2)C(=O)O)n1)OC(O)(c1ccccc1)c1ccccc1. The topological polar surface area (TPSA) is 139 Å². The van der Waals surface area contributed by atoms with E-state index in [1.54, 1.807) is 60.7 Å². The van der Waals surface area contributed by atoms with Crippen molar-refractivity contribution in [3.8, 4) is 0 Å². The summed E-state index contributed by atoms with van der Waals surface area (Å²) in [5.74, 6) is -3.42. The highest BCUT2D eigenvalue weighted by molar-refractivity contribution is 6.33. The molecule has 3 N–H and O–H groups in total. The van der Waals surface area contributed by atoms with Crippen LogP contribution in [0.15, 0.2) is 97.3 Å². The van der Waals surface area contributed by atoms with Gasteiger partial charge in [-0.25, -0.2) is 14.6 Å². The fourth-order valence-electron chi connectivity index (χ4n) is 4.20. The first kappa shape index (κ1) is 25.8. The molecular weight excluding hydrogens is 522 g/mol. The first-order valence-electron chi connectivity index (χ1n) is 11.9. The van der Waals surface area contributed by atoms with Crippen molar-refractivity contribution in [1.29, 1.82) is 0 Å². The number of hydrogen-bond acceptors (Lipinski definition) is 7. The fourth-order valence-corrected chi connectivity index (χ4v) is 4.46. The van der Waals surface area contributed by atoms with E-state index in [9.17, 15) is 19.8 Å². The lowest BCUT2D eigenvalue weighted by atomic mass is 9.97. The molecule has 0 aliphatic carbocycles. The van der Waals surface area contributed by atoms with Crippen molar-refractivity contribution in [2.45, 2.75) is 18.2 Å². The Morgan fingerprint density at radius 2 is 1.49 bits per heavy atom. The summed E-state index contributed by atoms with van der Waals surface area (Å²) in [4.78, 5) is 37.5. The molecular formula is C28H22ClN5O5. The summed E-state index contributed by atoms with van der Waals surface area (Å²) in [7, 11) is 0. The van der Waals surface area contributed by atoms with Gasteiger partial charge in [-0.2, -0.15) is 9.97 Å². The number of carbonyl (C=O) groups is 2. The van der Waals surface area contributed by atoms with Gasteiger partial charge in [-0.1, -0.05) is 103 Å². The summed E-state index contributed by atoms with van der Waals surface area (Å²) in [6, 6.07) is 25.0. The van der Waals surface area contributed by atoms with Crippen molar-refractivity contribution in [1.82, 2.24) is 19.5 Å². The van der Waals surface area contributed by atoms with Gasteiger partial charge in [0.15, 0.2) is 10.8 Å². The zero-order chi connectivity index (χ0) is 27.4. The number of carboxylic acid groups (broad SMARTS) is 1. The molecule has 0 spiro atoms. The maximum absolute atomic E-state index is 12.9. The van der Waals surface area contributed by atoms with Gasteiger partial charge in [-0.15, -0.1) is 0 Å². The van der Waals surface area contributed by atoms with Crippen molar-refractivity contribution >= 4 is 40.8 Å². The monoisotopic (exact) mass is 543 g/mol. The lowest BCUT2D eigenvalue weighted by Gasteiger charge is -2.28. The number of hydrogen-bond donors (Lipinski definition) is 3. The highest BCUT2D eigenvalue weighted by atomic mass is 35.5. The second kappa shape index (κ2) is 10.9. The number of aliphatic hydroxyl groups is 1. The molecule has 5 rings (SSSR count). The van der Waals surface area contributed by atoms with Crippen LogP contribution in [0.4, 0.5) is 10.7 Å². The van der Waals surface area contributed by atoms with E-state index in [2.05, 4.69) is 20.3 Å². The normalized spacial score (nSPS) is 12.2. The van der Waals surface area contributed by atoms with Crippen LogP contribution in [0.1, 0.15) is 22.7 Å². The number of aromatic nitrogens is 4. The number of benzene rings is 3. The predicted octanol–water partition coefficient (Wildman–Crippen LogP) is 4.79. The number of amides is 1. The van der Waals surface area contributed by atoms with Crippen LogP contribution in [-0.4, -0.2) is 41.8 Å². The Kier molecular flexibility index (Phi) is 7.22. The molecule has 0 aliphatic heterocycles. The Morgan fingerprint density at radius 3 is 2.05 bits per heavy atom. The third-order valence-corrected chi connectivity index (χ3v) is 6.33. The molecule has 39 heavy (non-hydrogen) atoms. The molecule has 3 aromatic carbocycles. The average Bonchev–Trinajstić information content (AvgIpc) is 3.37. The third-order valence-electron chi connectivity index (χ3n) is 6.06. The molecule has 2 aromatic heterocycles. The van der Waals surface area contributed by atoms with E-state index in [0.29, 0.717) is 11.1 Å². The fraction of sp³-hybridized carbons (Fsp3) is 0.107. The summed E-state index contributed by atoms with van der Waals surface area (Å²) in [6.45, 7) is 0. The van der Waals surface area contributed by atoms with E-state index in [1.165, 1.54) is 10.9 Å². The van der Waals surface area contributed by atoms with Crippen molar-refractivity contribution in [2.75, 3.05) is 5.32 Å². The molecule has 2 heterocycles. The maximum atomic E-state index is 12.9. The molecule has 0 aliphatic rings. The van der Waals surface area contributed by atoms with Gasteiger partial charge in [0.1, 0.15) is 11.6 Å². The second-order valence-electron chi connectivity index (χ2n) is 8.60. The molecule has 5 aromatic rings. The van der Waals surface area contributed by atoms with E-state index in [0.717, 1.165) is 5.56 Å². The smallest absolute Gasteiger partial charge is 0.417 e. The number of halogens is 1. The molecule has 0 fully saturated rings. The Hall–Kier alpha value is -4.80. The number of nitrogens with one attached hydrogen (secondary N) is 1. The van der Waals surface area contributed by atoms with Crippen LogP contribution in [0.3, 0.4) is 0 Å². The van der Waals surface area contributed by atoms with Gasteiger partial charge in [0, 0.05) is 17.5 Å². The Morgan fingerprint density at radius 1 is 0.923 bits per heavy atom. The standard InChI is InChI=1S/C28H22ClN5O5/c29-23-22-24(30-17-34(22)21(25(35)36)16-18-10-4-1-5-11-18)32-26(31-23)33-27(37)39-28(38,19-12-6-2-7-13-19)20-14-8-3-9-15-20/h1-15,17,21,38H,16H2,(H,35,36)(H,31,32,33,37). The lowest BCUT2D eigenvalue weighted by molar-refractivity contribution is -0.140. The zero-order valence-electron chi connectivity index (χ0n) is 20.3. The lowest BCUT2D eigenvalue weighted by Crippen LogP contribution is -2.35. The molecule has 0 saturated carbocycles. The van der Waals surface area contributed by atoms with E-state index in [-0.39, 0.29) is 28.7 Å². The Bertz CT molecular complexity index is 1570. The van der Waals surface area contributed by atoms with Crippen LogP contribution in [0.2, 0.25) is 5.15 Å². The van der Waals surface area contributed by atoms with Gasteiger partial charge in [0.2, 0.25) is 5.95 Å². The molecule has 1 unspecified atom stereocenters. The molecule has 0 radical (unpaired) electrons. The minimum Gasteiger partial charge on any atom is -0.480 e. The predicted molar refractivity (Wildman–Crippen MR) is 143 cm³/mol. The largest absolute Gasteiger partial charge is 0.480 e. The first-order chi connectivity index (χ1) is 18.8. The van der Waals surface area contributed by atoms with Crippen LogP contribution in [0, 0.1) is 0 Å². The van der Waals surface area contributed by atoms with Crippen LogP contribution in [0.5, 0.6) is 0 Å². The molecule has 11 heteroatoms. The minimum absolute atomic E-state index is 0.0750. The first-order valence-corrected chi connectivity index (χ1v) is 12.2. The van der Waals surface area contributed by atoms with E-state index < -0.39 is 23.9 Å². The maximum Gasteiger partial charge on any atom is 0.417 e. The van der Waals surface area contributed by atoms with Crippen LogP contribution >= 0.6 is 11.6 Å². The summed E-state index contributed by atoms with van der Waals surface area (Å²) in [6.07, 6.45) is 0.452. The zero-order valence-corrected chi connectivity index (χ0v) is 21.1. The van der Waals surface area contributed by atoms with Crippen LogP contribution < -0.4 is 5.32 Å². The minimum atomic E-state index is -2.10. The van der Waals surface area contributed by atoms with Gasteiger partial charge in [-0.3, -0.25) is 5.32 Å². The van der Waals surface area contributed by atoms with E-state index >= 15 is 0 Å². The Balaban J connectivity index is 1.41. The van der Waals surface area contributed by atoms with Crippen molar-refractivity contribution < 1.29 is 24.5 Å². The van der Waals surface area contributed by atoms with Gasteiger partial charge in [-0.05, 0) is 5.56 Å². The number of imidazole rings is 1. The number of fused-ring (bicyclic) bond motifs is 1. The molecule has 1 amide bonds. The third kappa shape index (κ3) is 5.42. The molecule has 196 valence electrons. The quantitative estimate of drug-likeness (QED) is 0.187. The van der Waals surface area contributed by atoms with Gasteiger partial charge >= 0.3 is 12.1 Å².